The van der Waals surface area contributed by atoms with Crippen LogP contribution in [0.25, 0.3) is 44.9 Å². The standard InChI is InChI=1S/C48H39NS/c1-6-18-36(19-7-1)43-32-30-41(34-45(43)37-20-8-2-9-21-37)50(39-24-12-4-13-25-39,40-26-14-5-15-27-40)42-31-33-48-46(35-42)44-28-16-17-29-47(44)49(48)38-22-10-3-11-23-38/h1-2,4-10,12-16,18-28,30-35H,3,11,17,29H2. The van der Waals surface area contributed by atoms with E-state index < -0.39 is 10.0 Å². The van der Waals surface area contributed by atoms with Crippen molar-refractivity contribution >= 4 is 32.7 Å². The Labute approximate surface area is 296 Å². The van der Waals surface area contributed by atoms with E-state index in [0.717, 1.165) is 25.7 Å². The minimum absolute atomic E-state index is 1.05. The first kappa shape index (κ1) is 30.5. The molecule has 2 aliphatic carbocycles. The Morgan fingerprint density at radius 1 is 0.460 bits per heavy atom. The molecule has 0 saturated heterocycles. The minimum Gasteiger partial charge on any atom is -0.313 e. The molecule has 7 aromatic rings. The molecule has 2 aliphatic rings. The molecule has 0 aliphatic heterocycles. The number of rotatable bonds is 7. The van der Waals surface area contributed by atoms with E-state index in [1.54, 1.807) is 0 Å². The van der Waals surface area contributed by atoms with Crippen molar-refractivity contribution in [2.75, 3.05) is 0 Å². The molecule has 0 bridgehead atoms. The van der Waals surface area contributed by atoms with Crippen LogP contribution >= 0.6 is 10.0 Å². The van der Waals surface area contributed by atoms with Gasteiger partial charge in [-0.1, -0.05) is 127 Å². The van der Waals surface area contributed by atoms with Gasteiger partial charge in [-0.2, -0.15) is 0 Å². The smallest absolute Gasteiger partial charge is 0.0538 e. The lowest BCUT2D eigenvalue weighted by atomic mass is 9.95. The highest BCUT2D eigenvalue weighted by atomic mass is 32.3. The number of benzene rings is 6. The molecule has 0 spiro atoms. The Morgan fingerprint density at radius 2 is 1.04 bits per heavy atom. The summed E-state index contributed by atoms with van der Waals surface area (Å²) in [7, 11) is -1.94. The summed E-state index contributed by atoms with van der Waals surface area (Å²) in [5.74, 6) is 0. The summed E-state index contributed by atoms with van der Waals surface area (Å²) in [6.07, 6.45) is 16.1. The summed E-state index contributed by atoms with van der Waals surface area (Å²) < 4.78 is 2.54. The van der Waals surface area contributed by atoms with Crippen LogP contribution in [-0.2, 0) is 6.42 Å². The molecule has 1 heterocycles. The van der Waals surface area contributed by atoms with Gasteiger partial charge in [0.1, 0.15) is 0 Å². The van der Waals surface area contributed by atoms with Crippen LogP contribution in [0.3, 0.4) is 0 Å². The van der Waals surface area contributed by atoms with Crippen LogP contribution in [0, 0.1) is 0 Å². The van der Waals surface area contributed by atoms with Crippen LogP contribution in [0.2, 0.25) is 0 Å². The third kappa shape index (κ3) is 5.11. The van der Waals surface area contributed by atoms with Crippen molar-refractivity contribution in [1.29, 1.82) is 0 Å². The summed E-state index contributed by atoms with van der Waals surface area (Å²) in [6, 6.07) is 58.8. The molecule has 0 N–H and O–H groups in total. The molecule has 242 valence electrons. The normalized spacial score (nSPS) is 14.4. The highest BCUT2D eigenvalue weighted by molar-refractivity contribution is 8.34. The van der Waals surface area contributed by atoms with E-state index in [1.165, 1.54) is 69.7 Å². The fraction of sp³-hybridized carbons (Fsp3) is 0.0833. The molecule has 1 nitrogen and oxygen atoms in total. The maximum atomic E-state index is 2.54. The number of hydrogen-bond acceptors (Lipinski definition) is 0. The van der Waals surface area contributed by atoms with Gasteiger partial charge in [0.15, 0.2) is 0 Å². The zero-order chi connectivity index (χ0) is 33.3. The summed E-state index contributed by atoms with van der Waals surface area (Å²) in [5.41, 5.74) is 10.3. The van der Waals surface area contributed by atoms with Crippen LogP contribution < -0.4 is 0 Å². The number of fused-ring (bicyclic) bond motifs is 3. The summed E-state index contributed by atoms with van der Waals surface area (Å²) >= 11 is 0. The highest BCUT2D eigenvalue weighted by Gasteiger charge is 2.35. The second-order valence-corrected chi connectivity index (χ2v) is 16.2. The maximum absolute atomic E-state index is 2.54. The van der Waals surface area contributed by atoms with Crippen molar-refractivity contribution in [3.05, 3.63) is 193 Å². The largest absolute Gasteiger partial charge is 0.313 e. The Morgan fingerprint density at radius 3 is 1.68 bits per heavy atom. The van der Waals surface area contributed by atoms with Gasteiger partial charge in [-0.25, -0.2) is 0 Å². The molecule has 0 fully saturated rings. The van der Waals surface area contributed by atoms with Crippen molar-refractivity contribution in [3.63, 3.8) is 0 Å². The van der Waals surface area contributed by atoms with Crippen LogP contribution in [0.5, 0.6) is 0 Å². The van der Waals surface area contributed by atoms with Crippen molar-refractivity contribution in [1.82, 2.24) is 4.57 Å². The third-order valence-corrected chi connectivity index (χ3v) is 14.1. The highest BCUT2D eigenvalue weighted by Crippen LogP contribution is 2.74. The first-order valence-electron chi connectivity index (χ1n) is 17.7. The molecule has 0 saturated carbocycles. The van der Waals surface area contributed by atoms with Crippen LogP contribution in [0.15, 0.2) is 202 Å². The monoisotopic (exact) mass is 661 g/mol. The summed E-state index contributed by atoms with van der Waals surface area (Å²) in [5, 5.41) is 1.33. The number of nitrogens with zero attached hydrogens (tertiary/aromatic N) is 1. The first-order valence-corrected chi connectivity index (χ1v) is 19.4. The van der Waals surface area contributed by atoms with Gasteiger partial charge in [0.05, 0.1) is 5.52 Å². The average Bonchev–Trinajstić information content (AvgIpc) is 3.54. The number of hydrogen-bond donors (Lipinski definition) is 0. The Hall–Kier alpha value is -5.57. The van der Waals surface area contributed by atoms with Crippen LogP contribution in [-0.4, -0.2) is 4.57 Å². The van der Waals surface area contributed by atoms with Crippen LogP contribution in [0.4, 0.5) is 0 Å². The lowest BCUT2D eigenvalue weighted by Gasteiger charge is -2.42. The zero-order valence-electron chi connectivity index (χ0n) is 28.1. The second kappa shape index (κ2) is 13.0. The van der Waals surface area contributed by atoms with E-state index in [9.17, 15) is 0 Å². The Kier molecular flexibility index (Phi) is 7.95. The predicted octanol–water partition coefficient (Wildman–Crippen LogP) is 13.5. The topological polar surface area (TPSA) is 4.93 Å². The molecule has 0 amide bonds. The van der Waals surface area contributed by atoms with Gasteiger partial charge in [0, 0.05) is 41.9 Å². The van der Waals surface area contributed by atoms with Crippen molar-refractivity contribution in [3.8, 4) is 22.3 Å². The minimum atomic E-state index is -1.94. The fourth-order valence-electron chi connectivity index (χ4n) is 7.96. The third-order valence-electron chi connectivity index (χ3n) is 10.2. The van der Waals surface area contributed by atoms with Gasteiger partial charge in [-0.05, 0) is 109 Å². The average molecular weight is 662 g/mol. The molecular formula is C48H39NS. The van der Waals surface area contributed by atoms with Crippen molar-refractivity contribution < 1.29 is 0 Å². The first-order chi connectivity index (χ1) is 24.8. The van der Waals surface area contributed by atoms with Crippen molar-refractivity contribution in [2.45, 2.75) is 45.3 Å². The molecule has 9 rings (SSSR count). The Balaban J connectivity index is 1.37. The van der Waals surface area contributed by atoms with Gasteiger partial charge >= 0.3 is 0 Å². The van der Waals surface area contributed by atoms with E-state index in [4.69, 9.17) is 0 Å². The maximum Gasteiger partial charge on any atom is 0.0538 e. The predicted molar refractivity (Wildman–Crippen MR) is 213 cm³/mol. The van der Waals surface area contributed by atoms with Gasteiger partial charge in [-0.3, -0.25) is 0 Å². The van der Waals surface area contributed by atoms with Gasteiger partial charge < -0.3 is 4.57 Å². The Bertz CT molecular complexity index is 2360. The molecule has 0 unspecified atom stereocenters. The van der Waals surface area contributed by atoms with Gasteiger partial charge in [-0.15, -0.1) is 10.0 Å². The fourth-order valence-corrected chi connectivity index (χ4v) is 11.9. The quantitative estimate of drug-likeness (QED) is 0.160. The SMILES string of the molecule is C1=CC(n2c3c(c4cc(S(c5ccccc5)(c5ccccc5)c5ccc(-c6ccccc6)c(-c6ccccc6)c5)ccc42)C=CCC3)=CCC1. The lowest BCUT2D eigenvalue weighted by molar-refractivity contribution is 0.892. The molecule has 0 radical (unpaired) electrons. The van der Waals surface area contributed by atoms with Gasteiger partial charge in [0.25, 0.3) is 0 Å². The van der Waals surface area contributed by atoms with Crippen molar-refractivity contribution in [2.24, 2.45) is 0 Å². The number of aromatic nitrogens is 1. The zero-order valence-corrected chi connectivity index (χ0v) is 28.9. The van der Waals surface area contributed by atoms with E-state index in [1.807, 2.05) is 0 Å². The van der Waals surface area contributed by atoms with E-state index in [-0.39, 0.29) is 0 Å². The molecule has 2 heteroatoms. The lowest BCUT2D eigenvalue weighted by Crippen LogP contribution is -2.06. The van der Waals surface area contributed by atoms with E-state index >= 15 is 0 Å². The van der Waals surface area contributed by atoms with Crippen LogP contribution in [0.1, 0.15) is 30.5 Å². The number of allylic oxidation sites excluding steroid dienone is 5. The summed E-state index contributed by atoms with van der Waals surface area (Å²) in [4.78, 5) is 5.34. The molecule has 6 aromatic carbocycles. The molecule has 50 heavy (non-hydrogen) atoms. The van der Waals surface area contributed by atoms with E-state index in [0.29, 0.717) is 0 Å². The van der Waals surface area contributed by atoms with E-state index in [2.05, 4.69) is 193 Å². The molecular weight excluding hydrogens is 623 g/mol. The molecule has 1 aromatic heterocycles. The second-order valence-electron chi connectivity index (χ2n) is 13.1. The molecule has 0 atom stereocenters. The van der Waals surface area contributed by atoms with Gasteiger partial charge in [0.2, 0.25) is 0 Å². The summed E-state index contributed by atoms with van der Waals surface area (Å²) in [6.45, 7) is 0.